The lowest BCUT2D eigenvalue weighted by molar-refractivity contribution is -0.136. The second-order valence-corrected chi connectivity index (χ2v) is 3.72. The highest BCUT2D eigenvalue weighted by Gasteiger charge is 2.12. The van der Waals surface area contributed by atoms with E-state index in [1.54, 1.807) is 12.1 Å². The van der Waals surface area contributed by atoms with Gasteiger partial charge < -0.3 is 5.11 Å². The normalized spacial score (nSPS) is 14.3. The van der Waals surface area contributed by atoms with E-state index in [1.165, 1.54) is 12.1 Å². The van der Waals surface area contributed by atoms with Gasteiger partial charge in [0.25, 0.3) is 0 Å². The maximum atomic E-state index is 12.9. The Balaban J connectivity index is 2.31. The number of hydrogen-bond donors (Lipinski definition) is 1. The lowest BCUT2D eigenvalue weighted by atomic mass is 9.91. The van der Waals surface area contributed by atoms with Crippen molar-refractivity contribution >= 4 is 12.0 Å². The van der Waals surface area contributed by atoms with Crippen LogP contribution >= 0.6 is 0 Å². The summed E-state index contributed by atoms with van der Waals surface area (Å²) in [6.45, 7) is 0. The van der Waals surface area contributed by atoms with Gasteiger partial charge in [0.2, 0.25) is 0 Å². The molecule has 0 heterocycles. The summed E-state index contributed by atoms with van der Waals surface area (Å²) in [5.41, 5.74) is 2.77. The Morgan fingerprint density at radius 1 is 1.40 bits per heavy atom. The third-order valence-electron chi connectivity index (χ3n) is 2.56. The summed E-state index contributed by atoms with van der Waals surface area (Å²) in [6, 6.07) is 4.66. The fraction of sp³-hybridized carbons (Fsp3) is 0.250. The number of fused-ring (bicyclic) bond motifs is 1. The van der Waals surface area contributed by atoms with Gasteiger partial charge in [-0.05, 0) is 36.1 Å². The van der Waals surface area contributed by atoms with Crippen molar-refractivity contribution in [3.05, 3.63) is 40.7 Å². The first-order valence-corrected chi connectivity index (χ1v) is 4.85. The van der Waals surface area contributed by atoms with E-state index in [1.807, 2.05) is 0 Å². The molecule has 0 aromatic heterocycles. The molecule has 2 nitrogen and oxygen atoms in total. The van der Waals surface area contributed by atoms with Crippen LogP contribution in [0.25, 0.3) is 6.08 Å². The Bertz CT molecular complexity index is 435. The SMILES string of the molecule is O=C(O)CC1=Cc2cc(F)ccc2CC1. The van der Waals surface area contributed by atoms with Gasteiger partial charge in [0, 0.05) is 0 Å². The van der Waals surface area contributed by atoms with Crippen LogP contribution in [0.1, 0.15) is 24.0 Å². The fourth-order valence-electron chi connectivity index (χ4n) is 1.85. The molecule has 0 unspecified atom stereocenters. The van der Waals surface area contributed by atoms with Gasteiger partial charge in [-0.1, -0.05) is 17.7 Å². The molecule has 0 radical (unpaired) electrons. The summed E-state index contributed by atoms with van der Waals surface area (Å²) in [5.74, 6) is -1.11. The highest BCUT2D eigenvalue weighted by Crippen LogP contribution is 2.26. The summed E-state index contributed by atoms with van der Waals surface area (Å²) in [7, 11) is 0. The maximum absolute atomic E-state index is 12.9. The molecule has 0 amide bonds. The molecule has 0 atom stereocenters. The molecular formula is C12H11FO2. The third-order valence-corrected chi connectivity index (χ3v) is 2.56. The summed E-state index contributed by atoms with van der Waals surface area (Å²) in [5, 5.41) is 8.65. The van der Waals surface area contributed by atoms with Crippen molar-refractivity contribution in [2.75, 3.05) is 0 Å². The Labute approximate surface area is 87.0 Å². The minimum Gasteiger partial charge on any atom is -0.481 e. The van der Waals surface area contributed by atoms with Crippen LogP contribution < -0.4 is 0 Å². The Kier molecular flexibility index (Phi) is 2.54. The van der Waals surface area contributed by atoms with Gasteiger partial charge in [0.1, 0.15) is 5.82 Å². The number of hydrogen-bond acceptors (Lipinski definition) is 1. The number of aliphatic carboxylic acids is 1. The van der Waals surface area contributed by atoms with Gasteiger partial charge in [-0.15, -0.1) is 0 Å². The van der Waals surface area contributed by atoms with Crippen molar-refractivity contribution in [3.63, 3.8) is 0 Å². The molecular weight excluding hydrogens is 195 g/mol. The molecule has 3 heteroatoms. The zero-order valence-electron chi connectivity index (χ0n) is 8.16. The quantitative estimate of drug-likeness (QED) is 0.807. The summed E-state index contributed by atoms with van der Waals surface area (Å²) < 4.78 is 12.9. The number of rotatable bonds is 2. The average molecular weight is 206 g/mol. The predicted molar refractivity (Wildman–Crippen MR) is 55.0 cm³/mol. The molecule has 15 heavy (non-hydrogen) atoms. The molecule has 1 aromatic rings. The van der Waals surface area contributed by atoms with Crippen molar-refractivity contribution in [1.82, 2.24) is 0 Å². The van der Waals surface area contributed by atoms with Crippen molar-refractivity contribution in [2.45, 2.75) is 19.3 Å². The van der Waals surface area contributed by atoms with Gasteiger partial charge >= 0.3 is 5.97 Å². The van der Waals surface area contributed by atoms with Crippen molar-refractivity contribution < 1.29 is 14.3 Å². The second-order valence-electron chi connectivity index (χ2n) is 3.72. The number of carbonyl (C=O) groups is 1. The first-order valence-electron chi connectivity index (χ1n) is 4.85. The third kappa shape index (κ3) is 2.24. The van der Waals surface area contributed by atoms with E-state index in [2.05, 4.69) is 0 Å². The second kappa shape index (κ2) is 3.85. The fourth-order valence-corrected chi connectivity index (χ4v) is 1.85. The lowest BCUT2D eigenvalue weighted by Crippen LogP contribution is -2.04. The van der Waals surface area contributed by atoms with E-state index in [4.69, 9.17) is 5.11 Å². The minimum absolute atomic E-state index is 0.0515. The van der Waals surface area contributed by atoms with E-state index < -0.39 is 5.97 Å². The number of carboxylic acid groups (broad SMARTS) is 1. The summed E-state index contributed by atoms with van der Waals surface area (Å²) in [4.78, 5) is 10.5. The monoisotopic (exact) mass is 206 g/mol. The van der Waals surface area contributed by atoms with Crippen molar-refractivity contribution in [3.8, 4) is 0 Å². The molecule has 0 aliphatic heterocycles. The van der Waals surface area contributed by atoms with Crippen molar-refractivity contribution in [1.29, 1.82) is 0 Å². The maximum Gasteiger partial charge on any atom is 0.307 e. The first kappa shape index (κ1) is 9.90. The number of carboxylic acids is 1. The molecule has 0 saturated carbocycles. The lowest BCUT2D eigenvalue weighted by Gasteiger charge is -2.15. The van der Waals surface area contributed by atoms with Crippen LogP contribution in [0.15, 0.2) is 23.8 Å². The average Bonchev–Trinajstić information content (AvgIpc) is 2.16. The number of benzene rings is 1. The minimum atomic E-state index is -0.832. The van der Waals surface area contributed by atoms with Crippen LogP contribution in [-0.2, 0) is 11.2 Å². The molecule has 1 aromatic carbocycles. The summed E-state index contributed by atoms with van der Waals surface area (Å²) in [6.07, 6.45) is 3.39. The molecule has 0 fully saturated rings. The van der Waals surface area contributed by atoms with Crippen LogP contribution in [0.3, 0.4) is 0 Å². The van der Waals surface area contributed by atoms with Crippen LogP contribution in [0.5, 0.6) is 0 Å². The van der Waals surface area contributed by atoms with E-state index in [-0.39, 0.29) is 12.2 Å². The molecule has 2 rings (SSSR count). The van der Waals surface area contributed by atoms with Gasteiger partial charge in [0.05, 0.1) is 6.42 Å². The van der Waals surface area contributed by atoms with Gasteiger partial charge in [0.15, 0.2) is 0 Å². The zero-order chi connectivity index (χ0) is 10.8. The zero-order valence-corrected chi connectivity index (χ0v) is 8.16. The van der Waals surface area contributed by atoms with Crippen LogP contribution in [0.2, 0.25) is 0 Å². The highest BCUT2D eigenvalue weighted by atomic mass is 19.1. The van der Waals surface area contributed by atoms with Crippen molar-refractivity contribution in [2.24, 2.45) is 0 Å². The van der Waals surface area contributed by atoms with Crippen LogP contribution in [0.4, 0.5) is 4.39 Å². The molecule has 0 spiro atoms. The van der Waals surface area contributed by atoms with Crippen LogP contribution in [0, 0.1) is 5.82 Å². The van der Waals surface area contributed by atoms with E-state index >= 15 is 0 Å². The number of halogens is 1. The van der Waals surface area contributed by atoms with Gasteiger partial charge in [-0.2, -0.15) is 0 Å². The largest absolute Gasteiger partial charge is 0.481 e. The van der Waals surface area contributed by atoms with Gasteiger partial charge in [-0.3, -0.25) is 4.79 Å². The highest BCUT2D eigenvalue weighted by molar-refractivity contribution is 5.73. The van der Waals surface area contributed by atoms with Crippen LogP contribution in [-0.4, -0.2) is 11.1 Å². The van der Waals surface area contributed by atoms with E-state index in [0.29, 0.717) is 0 Å². The smallest absolute Gasteiger partial charge is 0.307 e. The van der Waals surface area contributed by atoms with E-state index in [0.717, 1.165) is 29.5 Å². The standard InChI is InChI=1S/C12H11FO2/c13-11-4-3-9-2-1-8(6-12(14)15)5-10(9)7-11/h3-5,7H,1-2,6H2,(H,14,15). The summed E-state index contributed by atoms with van der Waals surface area (Å²) >= 11 is 0. The molecule has 1 aliphatic carbocycles. The Morgan fingerprint density at radius 3 is 2.93 bits per heavy atom. The van der Waals surface area contributed by atoms with E-state index in [9.17, 15) is 9.18 Å². The first-order chi connectivity index (χ1) is 7.15. The molecule has 0 bridgehead atoms. The Morgan fingerprint density at radius 2 is 2.20 bits per heavy atom. The molecule has 0 saturated heterocycles. The molecule has 1 N–H and O–H groups in total. The molecule has 1 aliphatic rings. The number of aryl methyl sites for hydroxylation is 1. The Hall–Kier alpha value is -1.64. The predicted octanol–water partition coefficient (Wildman–Crippen LogP) is 2.63. The molecule has 78 valence electrons. The topological polar surface area (TPSA) is 37.3 Å². The van der Waals surface area contributed by atoms with Gasteiger partial charge in [-0.25, -0.2) is 4.39 Å².